The number of hydrogen-bond acceptors (Lipinski definition) is 5. The van der Waals surface area contributed by atoms with E-state index < -0.39 is 34.2 Å². The summed E-state index contributed by atoms with van der Waals surface area (Å²) in [5.74, 6) is -1.26. The average Bonchev–Trinajstić information content (AvgIpc) is 2.40. The Morgan fingerprint density at radius 3 is 2.26 bits per heavy atom. The van der Waals surface area contributed by atoms with Crippen molar-refractivity contribution in [2.24, 2.45) is 0 Å². The van der Waals surface area contributed by atoms with Crippen LogP contribution in [0.25, 0.3) is 0 Å². The van der Waals surface area contributed by atoms with Crippen molar-refractivity contribution in [1.29, 1.82) is 0 Å². The zero-order valence-corrected chi connectivity index (χ0v) is 14.6. The number of methoxy groups -OCH3 is 1. The summed E-state index contributed by atoms with van der Waals surface area (Å²) in [6, 6.07) is 0.0798. The predicted molar refractivity (Wildman–Crippen MR) is 84.2 cm³/mol. The fourth-order valence-corrected chi connectivity index (χ4v) is 4.08. The largest absolute Gasteiger partial charge is 0.496 e. The van der Waals surface area contributed by atoms with Gasteiger partial charge in [-0.1, -0.05) is 0 Å². The molecule has 128 valence electrons. The lowest BCUT2D eigenvalue weighted by Gasteiger charge is -2.19. The molecule has 0 bridgehead atoms. The number of carbonyl (C=O) groups is 2. The Balaban J connectivity index is 3.36. The third-order valence-electron chi connectivity index (χ3n) is 3.55. The van der Waals surface area contributed by atoms with Crippen molar-refractivity contribution in [3.63, 3.8) is 0 Å². The summed E-state index contributed by atoms with van der Waals surface area (Å²) >= 11 is 0. The van der Waals surface area contributed by atoms with Gasteiger partial charge in [-0.25, -0.2) is 8.42 Å². The Morgan fingerprint density at radius 2 is 1.83 bits per heavy atom. The molecule has 23 heavy (non-hydrogen) atoms. The third-order valence-corrected chi connectivity index (χ3v) is 5.31. The van der Waals surface area contributed by atoms with Crippen LogP contribution in [0.1, 0.15) is 30.0 Å². The van der Waals surface area contributed by atoms with Crippen molar-refractivity contribution in [2.45, 2.75) is 45.1 Å². The van der Waals surface area contributed by atoms with E-state index >= 15 is 0 Å². The van der Waals surface area contributed by atoms with Crippen molar-refractivity contribution in [2.75, 3.05) is 7.11 Å². The maximum absolute atomic E-state index is 12.6. The SMILES string of the molecule is COc1cc(C)c(S(=O)(=O)N[C@@H](CC(C)=O)C(=O)O)c(C)c1C. The molecule has 1 rings (SSSR count). The molecule has 0 aliphatic heterocycles. The molecule has 0 aromatic heterocycles. The van der Waals surface area contributed by atoms with E-state index in [2.05, 4.69) is 4.72 Å². The van der Waals surface area contributed by atoms with Gasteiger partial charge in [-0.15, -0.1) is 0 Å². The van der Waals surface area contributed by atoms with E-state index in [1.165, 1.54) is 14.0 Å². The standard InChI is InChI=1S/C15H21NO6S/c1-8-6-13(22-5)10(3)11(4)14(8)23(20,21)16-12(15(18)19)7-9(2)17/h6,12,16H,7H2,1-5H3,(H,18,19)/t12-/m0/s1. The fourth-order valence-electron chi connectivity index (χ4n) is 2.36. The summed E-state index contributed by atoms with van der Waals surface area (Å²) in [6.45, 7) is 6.15. The topological polar surface area (TPSA) is 110 Å². The molecule has 0 saturated heterocycles. The minimum Gasteiger partial charge on any atom is -0.496 e. The van der Waals surface area contributed by atoms with E-state index in [-0.39, 0.29) is 4.90 Å². The van der Waals surface area contributed by atoms with Crippen LogP contribution in [0.3, 0.4) is 0 Å². The summed E-state index contributed by atoms with van der Waals surface area (Å²) in [7, 11) is -2.61. The number of hydrogen-bond donors (Lipinski definition) is 2. The number of aryl methyl sites for hydroxylation is 1. The van der Waals surface area contributed by atoms with Crippen LogP contribution in [0, 0.1) is 20.8 Å². The predicted octanol–water partition coefficient (Wildman–Crippen LogP) is 1.33. The highest BCUT2D eigenvalue weighted by atomic mass is 32.2. The zero-order chi connectivity index (χ0) is 17.9. The van der Waals surface area contributed by atoms with Crippen LogP contribution in [0.15, 0.2) is 11.0 Å². The van der Waals surface area contributed by atoms with Gasteiger partial charge in [0.05, 0.1) is 12.0 Å². The number of sulfonamides is 1. The Hall–Kier alpha value is -1.93. The maximum atomic E-state index is 12.6. The highest BCUT2D eigenvalue weighted by Crippen LogP contribution is 2.30. The number of carbonyl (C=O) groups excluding carboxylic acids is 1. The van der Waals surface area contributed by atoms with Crippen LogP contribution < -0.4 is 9.46 Å². The van der Waals surface area contributed by atoms with Gasteiger partial charge in [0.25, 0.3) is 0 Å². The Bertz CT molecular complexity index is 739. The molecule has 0 aliphatic carbocycles. The second-order valence-corrected chi connectivity index (χ2v) is 7.04. The molecule has 7 nitrogen and oxygen atoms in total. The highest BCUT2D eigenvalue weighted by molar-refractivity contribution is 7.89. The molecule has 0 unspecified atom stereocenters. The van der Waals surface area contributed by atoms with E-state index in [4.69, 9.17) is 9.84 Å². The van der Waals surface area contributed by atoms with Crippen LogP contribution in [0.2, 0.25) is 0 Å². The Morgan fingerprint density at radius 1 is 1.26 bits per heavy atom. The monoisotopic (exact) mass is 343 g/mol. The van der Waals surface area contributed by atoms with Crippen LogP contribution in [-0.2, 0) is 19.6 Å². The van der Waals surface area contributed by atoms with Crippen LogP contribution in [-0.4, -0.2) is 38.4 Å². The van der Waals surface area contributed by atoms with Gasteiger partial charge in [0.15, 0.2) is 0 Å². The van der Waals surface area contributed by atoms with E-state index in [1.54, 1.807) is 26.8 Å². The van der Waals surface area contributed by atoms with Gasteiger partial charge in [0.2, 0.25) is 10.0 Å². The van der Waals surface area contributed by atoms with Crippen LogP contribution >= 0.6 is 0 Å². The van der Waals surface area contributed by atoms with Gasteiger partial charge in [-0.05, 0) is 50.5 Å². The first-order valence-electron chi connectivity index (χ1n) is 6.90. The highest BCUT2D eigenvalue weighted by Gasteiger charge is 2.29. The molecular weight excluding hydrogens is 322 g/mol. The van der Waals surface area contributed by atoms with Gasteiger partial charge in [0.1, 0.15) is 17.6 Å². The molecule has 0 fully saturated rings. The summed E-state index contributed by atoms with van der Waals surface area (Å²) < 4.78 is 32.5. The van der Waals surface area contributed by atoms with Gasteiger partial charge < -0.3 is 9.84 Å². The van der Waals surface area contributed by atoms with Crippen molar-refractivity contribution >= 4 is 21.8 Å². The van der Waals surface area contributed by atoms with Crippen molar-refractivity contribution in [3.8, 4) is 5.75 Å². The summed E-state index contributed by atoms with van der Waals surface area (Å²) in [6.07, 6.45) is -0.415. The lowest BCUT2D eigenvalue weighted by molar-refractivity contribution is -0.140. The number of carboxylic acid groups (broad SMARTS) is 1. The van der Waals surface area contributed by atoms with Gasteiger partial charge >= 0.3 is 5.97 Å². The quantitative estimate of drug-likeness (QED) is 0.773. The second-order valence-electron chi connectivity index (χ2n) is 5.39. The maximum Gasteiger partial charge on any atom is 0.322 e. The van der Waals surface area contributed by atoms with E-state index in [0.29, 0.717) is 22.4 Å². The summed E-state index contributed by atoms with van der Waals surface area (Å²) in [4.78, 5) is 22.3. The van der Waals surface area contributed by atoms with Gasteiger partial charge in [0, 0.05) is 6.42 Å². The lowest BCUT2D eigenvalue weighted by atomic mass is 10.1. The van der Waals surface area contributed by atoms with Crippen molar-refractivity contribution < 1.29 is 27.9 Å². The first-order chi connectivity index (χ1) is 10.5. The van der Waals surface area contributed by atoms with E-state index in [0.717, 1.165) is 0 Å². The Kier molecular flexibility index (Phi) is 5.90. The normalized spacial score (nSPS) is 12.7. The molecule has 0 amide bonds. The molecule has 2 N–H and O–H groups in total. The molecule has 1 aromatic carbocycles. The number of benzene rings is 1. The molecule has 0 radical (unpaired) electrons. The first kappa shape index (κ1) is 19.1. The molecule has 0 heterocycles. The summed E-state index contributed by atoms with van der Waals surface area (Å²) in [5.41, 5.74) is 1.56. The van der Waals surface area contributed by atoms with E-state index in [1.807, 2.05) is 0 Å². The first-order valence-corrected chi connectivity index (χ1v) is 8.39. The molecule has 8 heteroatoms. The number of aliphatic carboxylic acids is 1. The number of nitrogens with one attached hydrogen (secondary N) is 1. The Labute approximate surface area is 135 Å². The van der Waals surface area contributed by atoms with Crippen molar-refractivity contribution in [1.82, 2.24) is 4.72 Å². The number of carboxylic acids is 1. The molecule has 0 spiro atoms. The fraction of sp³-hybridized carbons (Fsp3) is 0.467. The third kappa shape index (κ3) is 4.29. The van der Waals surface area contributed by atoms with Crippen LogP contribution in [0.5, 0.6) is 5.75 Å². The van der Waals surface area contributed by atoms with Gasteiger partial charge in [-0.3, -0.25) is 9.59 Å². The number of ketones is 1. The lowest BCUT2D eigenvalue weighted by Crippen LogP contribution is -2.42. The molecule has 1 aromatic rings. The summed E-state index contributed by atoms with van der Waals surface area (Å²) in [5, 5.41) is 9.11. The van der Waals surface area contributed by atoms with Crippen molar-refractivity contribution in [3.05, 3.63) is 22.8 Å². The zero-order valence-electron chi connectivity index (χ0n) is 13.8. The number of rotatable bonds is 7. The van der Waals surface area contributed by atoms with Crippen LogP contribution in [0.4, 0.5) is 0 Å². The minimum absolute atomic E-state index is 0.00519. The van der Waals surface area contributed by atoms with Gasteiger partial charge in [-0.2, -0.15) is 4.72 Å². The number of ether oxygens (including phenoxy) is 1. The second kappa shape index (κ2) is 7.10. The van der Waals surface area contributed by atoms with E-state index in [9.17, 15) is 18.0 Å². The molecule has 0 saturated carbocycles. The average molecular weight is 343 g/mol. The molecule has 1 atom stereocenters. The molecule has 0 aliphatic rings. The number of Topliss-reactive ketones (excluding diaryl/α,β-unsaturated/α-hetero) is 1. The molecular formula is C15H21NO6S. The smallest absolute Gasteiger partial charge is 0.322 e. The minimum atomic E-state index is -4.10.